The highest BCUT2D eigenvalue weighted by atomic mass is 16.2. The van der Waals surface area contributed by atoms with Gasteiger partial charge >= 0.3 is 0 Å². The van der Waals surface area contributed by atoms with Crippen molar-refractivity contribution in [3.63, 3.8) is 0 Å². The summed E-state index contributed by atoms with van der Waals surface area (Å²) >= 11 is 0. The first-order valence-corrected chi connectivity index (χ1v) is 10.9. The number of rotatable bonds is 3. The van der Waals surface area contributed by atoms with Crippen molar-refractivity contribution < 1.29 is 4.79 Å². The van der Waals surface area contributed by atoms with Crippen molar-refractivity contribution in [1.82, 2.24) is 19.7 Å². The summed E-state index contributed by atoms with van der Waals surface area (Å²) in [5, 5.41) is 8.21. The monoisotopic (exact) mass is 416 g/mol. The molecule has 7 nitrogen and oxygen atoms in total. The molecule has 7 heteroatoms. The number of carbonyl (C=O) groups excluding carboxylic acids is 1. The molecule has 1 N–H and O–H groups in total. The van der Waals surface area contributed by atoms with Gasteiger partial charge in [0.25, 0.3) is 5.91 Å². The lowest BCUT2D eigenvalue weighted by Crippen LogP contribution is -2.49. The van der Waals surface area contributed by atoms with E-state index in [1.54, 1.807) is 6.20 Å². The van der Waals surface area contributed by atoms with Crippen molar-refractivity contribution in [3.05, 3.63) is 72.1 Å². The van der Waals surface area contributed by atoms with Crippen LogP contribution in [0.1, 0.15) is 42.2 Å². The molecular weight excluding hydrogens is 388 g/mol. The summed E-state index contributed by atoms with van der Waals surface area (Å²) in [6.07, 6.45) is 4.44. The molecule has 1 unspecified atom stereocenters. The summed E-state index contributed by atoms with van der Waals surface area (Å²) in [7, 11) is 0. The fraction of sp³-hybridized carbons (Fsp3) is 0.375. The topological polar surface area (TPSA) is 66.3 Å². The van der Waals surface area contributed by atoms with Crippen molar-refractivity contribution in [3.8, 4) is 0 Å². The highest BCUT2D eigenvalue weighted by Crippen LogP contribution is 2.40. The Labute approximate surface area is 182 Å². The molecule has 4 heterocycles. The van der Waals surface area contributed by atoms with Crippen LogP contribution in [0.3, 0.4) is 0 Å². The van der Waals surface area contributed by atoms with E-state index in [1.807, 2.05) is 40.0 Å². The number of nitrogens with zero attached hydrogens (tertiary/aromatic N) is 5. The third kappa shape index (κ3) is 3.65. The molecule has 0 radical (unpaired) electrons. The minimum Gasteiger partial charge on any atom is -0.363 e. The van der Waals surface area contributed by atoms with Crippen molar-refractivity contribution in [1.29, 1.82) is 0 Å². The molecule has 0 spiro atoms. The average Bonchev–Trinajstić information content (AvgIpc) is 3.25. The van der Waals surface area contributed by atoms with Gasteiger partial charge in [-0.15, -0.1) is 0 Å². The van der Waals surface area contributed by atoms with Crippen LogP contribution in [0.2, 0.25) is 0 Å². The largest absolute Gasteiger partial charge is 0.363 e. The molecule has 31 heavy (non-hydrogen) atoms. The number of nitrogens with one attached hydrogen (secondary N) is 1. The number of hydrogen-bond acceptors (Lipinski definition) is 5. The van der Waals surface area contributed by atoms with Crippen LogP contribution in [0, 0.1) is 0 Å². The molecule has 1 saturated heterocycles. The van der Waals surface area contributed by atoms with Crippen LogP contribution in [0.4, 0.5) is 11.6 Å². The van der Waals surface area contributed by atoms with Gasteiger partial charge in [-0.25, -0.2) is 9.67 Å². The summed E-state index contributed by atoms with van der Waals surface area (Å²) in [4.78, 5) is 22.0. The molecule has 1 amide bonds. The zero-order valence-corrected chi connectivity index (χ0v) is 18.0. The predicted octanol–water partition coefficient (Wildman–Crippen LogP) is 3.53. The van der Waals surface area contributed by atoms with E-state index in [9.17, 15) is 4.79 Å². The van der Waals surface area contributed by atoms with Gasteiger partial charge in [0, 0.05) is 32.4 Å². The molecule has 160 valence electrons. The molecule has 1 fully saturated rings. The second-order valence-corrected chi connectivity index (χ2v) is 8.91. The zero-order chi connectivity index (χ0) is 21.4. The Bertz CT molecular complexity index is 1050. The highest BCUT2D eigenvalue weighted by molar-refractivity contribution is 5.99. The van der Waals surface area contributed by atoms with E-state index in [0.29, 0.717) is 18.7 Å². The third-order valence-corrected chi connectivity index (χ3v) is 6.33. The highest BCUT2D eigenvalue weighted by Gasteiger charge is 2.37. The Hall–Kier alpha value is -3.35. The average molecular weight is 417 g/mol. The fourth-order valence-corrected chi connectivity index (χ4v) is 4.64. The second kappa shape index (κ2) is 7.72. The van der Waals surface area contributed by atoms with E-state index >= 15 is 0 Å². The van der Waals surface area contributed by atoms with Crippen LogP contribution < -0.4 is 10.2 Å². The van der Waals surface area contributed by atoms with Crippen molar-refractivity contribution >= 4 is 17.5 Å². The van der Waals surface area contributed by atoms with Crippen molar-refractivity contribution in [2.24, 2.45) is 0 Å². The van der Waals surface area contributed by atoms with E-state index in [4.69, 9.17) is 0 Å². The molecule has 0 aliphatic carbocycles. The lowest BCUT2D eigenvalue weighted by molar-refractivity contribution is 0.0747. The Morgan fingerprint density at radius 1 is 1.03 bits per heavy atom. The lowest BCUT2D eigenvalue weighted by Gasteiger charge is -2.39. The predicted molar refractivity (Wildman–Crippen MR) is 121 cm³/mol. The molecule has 2 aromatic heterocycles. The molecule has 1 atom stereocenters. The van der Waals surface area contributed by atoms with Gasteiger partial charge in [0.2, 0.25) is 0 Å². The Balaban J connectivity index is 1.35. The van der Waals surface area contributed by atoms with Gasteiger partial charge in [-0.3, -0.25) is 4.79 Å². The molecule has 0 saturated carbocycles. The van der Waals surface area contributed by atoms with E-state index in [-0.39, 0.29) is 17.5 Å². The van der Waals surface area contributed by atoms with Crippen LogP contribution in [-0.2, 0) is 5.54 Å². The summed E-state index contributed by atoms with van der Waals surface area (Å²) in [5.74, 6) is 1.83. The van der Waals surface area contributed by atoms with E-state index in [1.165, 1.54) is 5.56 Å². The van der Waals surface area contributed by atoms with Crippen LogP contribution >= 0.6 is 0 Å². The number of hydrogen-bond donors (Lipinski definition) is 1. The van der Waals surface area contributed by atoms with Gasteiger partial charge in [-0.1, -0.05) is 36.4 Å². The zero-order valence-electron chi connectivity index (χ0n) is 18.0. The molecular formula is C24H28N6O. The number of carbonyl (C=O) groups is 1. The summed E-state index contributed by atoms with van der Waals surface area (Å²) < 4.78 is 1.98. The number of benzene rings is 1. The van der Waals surface area contributed by atoms with Crippen molar-refractivity contribution in [2.75, 3.05) is 36.4 Å². The summed E-state index contributed by atoms with van der Waals surface area (Å²) in [5.41, 5.74) is 1.70. The minimum atomic E-state index is -0.183. The molecule has 3 aromatic rings. The van der Waals surface area contributed by atoms with Crippen LogP contribution in [0.25, 0.3) is 0 Å². The maximum atomic E-state index is 13.4. The maximum Gasteiger partial charge on any atom is 0.259 e. The Kier molecular flexibility index (Phi) is 4.88. The first-order valence-electron chi connectivity index (χ1n) is 10.9. The second-order valence-electron chi connectivity index (χ2n) is 8.91. The van der Waals surface area contributed by atoms with Gasteiger partial charge in [-0.2, -0.15) is 5.10 Å². The molecule has 2 aliphatic rings. The maximum absolute atomic E-state index is 13.4. The first kappa shape index (κ1) is 19.6. The van der Waals surface area contributed by atoms with Crippen LogP contribution in [-0.4, -0.2) is 51.8 Å². The summed E-state index contributed by atoms with van der Waals surface area (Å²) in [6, 6.07) is 16.5. The van der Waals surface area contributed by atoms with Gasteiger partial charge in [0.15, 0.2) is 0 Å². The lowest BCUT2D eigenvalue weighted by atomic mass is 9.89. The number of pyridine rings is 1. The molecule has 1 aromatic carbocycles. The third-order valence-electron chi connectivity index (χ3n) is 6.33. The summed E-state index contributed by atoms with van der Waals surface area (Å²) in [6.45, 7) is 7.26. The van der Waals surface area contributed by atoms with Crippen molar-refractivity contribution in [2.45, 2.75) is 31.8 Å². The van der Waals surface area contributed by atoms with Gasteiger partial charge in [0.1, 0.15) is 17.2 Å². The van der Waals surface area contributed by atoms with Crippen LogP contribution in [0.5, 0.6) is 0 Å². The molecule has 5 rings (SSSR count). The van der Waals surface area contributed by atoms with Crippen LogP contribution in [0.15, 0.2) is 60.9 Å². The number of fused-ring (bicyclic) bond motifs is 1. The van der Waals surface area contributed by atoms with E-state index in [2.05, 4.69) is 58.4 Å². The van der Waals surface area contributed by atoms with E-state index in [0.717, 1.165) is 31.1 Å². The Morgan fingerprint density at radius 2 is 1.77 bits per heavy atom. The number of anilines is 2. The first-order chi connectivity index (χ1) is 15.0. The number of aromatic nitrogens is 3. The smallest absolute Gasteiger partial charge is 0.259 e. The van der Waals surface area contributed by atoms with Gasteiger partial charge < -0.3 is 15.1 Å². The molecule has 0 bridgehead atoms. The SMILES string of the molecule is CC1(C)CC(c2ccccc2)Nc2c(C(=O)N3CCN(c4ccccn4)CC3)cnn21. The van der Waals surface area contributed by atoms with Gasteiger partial charge in [-0.05, 0) is 38.0 Å². The number of piperazine rings is 1. The normalized spacial score (nSPS) is 20.1. The fourth-order valence-electron chi connectivity index (χ4n) is 4.64. The quantitative estimate of drug-likeness (QED) is 0.708. The molecule has 2 aliphatic heterocycles. The van der Waals surface area contributed by atoms with Gasteiger partial charge in [0.05, 0.1) is 17.8 Å². The number of amides is 1. The minimum absolute atomic E-state index is 0.0407. The van der Waals surface area contributed by atoms with E-state index < -0.39 is 0 Å². The Morgan fingerprint density at radius 3 is 2.48 bits per heavy atom. The standard InChI is InChI=1S/C24H28N6O/c1-24(2)16-20(18-8-4-3-5-9-18)27-22-19(17-26-30(22)24)23(31)29-14-12-28(13-15-29)21-10-6-7-11-25-21/h3-11,17,20,27H,12-16H2,1-2H3.